The molecule has 5 rings (SSSR count). The molecule has 1 aromatic carbocycles. The van der Waals surface area contributed by atoms with Crippen LogP contribution in [0.25, 0.3) is 11.0 Å². The molecule has 28 heavy (non-hydrogen) atoms. The second kappa shape index (κ2) is 6.68. The van der Waals surface area contributed by atoms with Crippen LogP contribution >= 0.6 is 0 Å². The molecule has 3 aromatic rings. The summed E-state index contributed by atoms with van der Waals surface area (Å²) in [7, 11) is 0. The van der Waals surface area contributed by atoms with Crippen LogP contribution in [0.4, 0.5) is 5.82 Å². The van der Waals surface area contributed by atoms with Crippen molar-refractivity contribution >= 4 is 22.8 Å². The Morgan fingerprint density at radius 2 is 2.04 bits per heavy atom. The number of hydrogen-bond acceptors (Lipinski definition) is 4. The van der Waals surface area contributed by atoms with Crippen LogP contribution in [-0.4, -0.2) is 26.5 Å². The maximum absolute atomic E-state index is 12.3. The molecule has 0 saturated heterocycles. The summed E-state index contributed by atoms with van der Waals surface area (Å²) in [5.41, 5.74) is 8.54. The lowest BCUT2D eigenvalue weighted by atomic mass is 9.93. The summed E-state index contributed by atoms with van der Waals surface area (Å²) in [6, 6.07) is 9.84. The first-order valence-corrected chi connectivity index (χ1v) is 9.69. The highest BCUT2D eigenvalue weighted by Gasteiger charge is 2.37. The van der Waals surface area contributed by atoms with Crippen molar-refractivity contribution in [2.75, 3.05) is 5.73 Å². The minimum Gasteiger partial charge on any atom is -0.383 e. The molecule has 0 spiro atoms. The van der Waals surface area contributed by atoms with Crippen LogP contribution in [0.1, 0.15) is 47.6 Å². The average Bonchev–Trinajstić information content (AvgIpc) is 3.31. The quantitative estimate of drug-likeness (QED) is 0.693. The number of carbonyl (C=O) groups is 1. The smallest absolute Gasteiger partial charge is 0.251 e. The summed E-state index contributed by atoms with van der Waals surface area (Å²) < 4.78 is 2.20. The predicted octanol–water partition coefficient (Wildman–Crippen LogP) is 2.91. The molecule has 0 aliphatic heterocycles. The van der Waals surface area contributed by atoms with Crippen molar-refractivity contribution in [1.29, 1.82) is 0 Å². The van der Waals surface area contributed by atoms with Crippen LogP contribution in [-0.2, 0) is 0 Å². The number of aromatic nitrogens is 3. The Kier molecular flexibility index (Phi) is 4.01. The maximum atomic E-state index is 12.3. The maximum Gasteiger partial charge on any atom is 0.251 e. The second-order valence-corrected chi connectivity index (χ2v) is 7.55. The Bertz CT molecular complexity index is 1100. The molecule has 2 aliphatic rings. The van der Waals surface area contributed by atoms with Gasteiger partial charge >= 0.3 is 0 Å². The summed E-state index contributed by atoms with van der Waals surface area (Å²) >= 11 is 0. The standard InChI is InChI=1S/C22H21N5O/c23-20-19-16(12-27(17-7-4-8-17)21(19)25-13-24-20)10-9-15-11-18(15)26-22(28)14-5-2-1-3-6-14/h1-3,5-6,12-13,15,17-18H,4,7-8,11H2,(H,26,28)(H2,23,24,25). The van der Waals surface area contributed by atoms with Crippen LogP contribution in [0, 0.1) is 17.8 Å². The van der Waals surface area contributed by atoms with Gasteiger partial charge in [-0.1, -0.05) is 30.0 Å². The highest BCUT2D eigenvalue weighted by molar-refractivity contribution is 5.94. The first kappa shape index (κ1) is 16.8. The first-order chi connectivity index (χ1) is 13.7. The largest absolute Gasteiger partial charge is 0.383 e. The number of nitrogens with zero attached hydrogens (tertiary/aromatic N) is 3. The molecule has 2 heterocycles. The molecule has 6 nitrogen and oxygen atoms in total. The number of carbonyl (C=O) groups excluding carboxylic acids is 1. The van der Waals surface area contributed by atoms with Crippen LogP contribution in [0.5, 0.6) is 0 Å². The number of nitrogens with two attached hydrogens (primary N) is 1. The molecule has 3 N–H and O–H groups in total. The van der Waals surface area contributed by atoms with Gasteiger partial charge in [0, 0.05) is 29.8 Å². The van der Waals surface area contributed by atoms with E-state index in [1.165, 1.54) is 12.7 Å². The third kappa shape index (κ3) is 2.99. The molecular formula is C22H21N5O. The van der Waals surface area contributed by atoms with Crippen molar-refractivity contribution < 1.29 is 4.79 Å². The van der Waals surface area contributed by atoms with Gasteiger partial charge in [-0.2, -0.15) is 0 Å². The fourth-order valence-corrected chi connectivity index (χ4v) is 3.67. The summed E-state index contributed by atoms with van der Waals surface area (Å²) in [4.78, 5) is 20.8. The topological polar surface area (TPSA) is 85.8 Å². The molecule has 0 radical (unpaired) electrons. The van der Waals surface area contributed by atoms with Crippen molar-refractivity contribution in [1.82, 2.24) is 19.9 Å². The van der Waals surface area contributed by atoms with Crippen molar-refractivity contribution in [3.63, 3.8) is 0 Å². The van der Waals surface area contributed by atoms with Gasteiger partial charge in [-0.15, -0.1) is 0 Å². The molecule has 1 amide bonds. The molecule has 0 bridgehead atoms. The third-order valence-electron chi connectivity index (χ3n) is 5.64. The lowest BCUT2D eigenvalue weighted by Gasteiger charge is -2.27. The Balaban J connectivity index is 1.35. The van der Waals surface area contributed by atoms with Gasteiger partial charge in [0.2, 0.25) is 0 Å². The van der Waals surface area contributed by atoms with E-state index in [9.17, 15) is 4.79 Å². The Morgan fingerprint density at radius 3 is 2.79 bits per heavy atom. The van der Waals surface area contributed by atoms with Crippen LogP contribution < -0.4 is 11.1 Å². The monoisotopic (exact) mass is 371 g/mol. The Hall–Kier alpha value is -3.33. The zero-order chi connectivity index (χ0) is 19.1. The summed E-state index contributed by atoms with van der Waals surface area (Å²) in [5.74, 6) is 7.16. The van der Waals surface area contributed by atoms with E-state index in [0.29, 0.717) is 17.4 Å². The van der Waals surface area contributed by atoms with Gasteiger partial charge in [0.05, 0.1) is 10.9 Å². The first-order valence-electron chi connectivity index (χ1n) is 9.69. The van der Waals surface area contributed by atoms with Gasteiger partial charge in [0.15, 0.2) is 0 Å². The number of amides is 1. The van der Waals surface area contributed by atoms with E-state index in [1.54, 1.807) is 0 Å². The van der Waals surface area contributed by atoms with E-state index in [-0.39, 0.29) is 17.9 Å². The second-order valence-electron chi connectivity index (χ2n) is 7.55. The van der Waals surface area contributed by atoms with Crippen molar-refractivity contribution in [3.05, 3.63) is 54.0 Å². The molecule has 2 fully saturated rings. The normalized spacial score (nSPS) is 20.9. The lowest BCUT2D eigenvalue weighted by molar-refractivity contribution is 0.0950. The van der Waals surface area contributed by atoms with Gasteiger partial charge in [-0.05, 0) is 37.8 Å². The Morgan fingerprint density at radius 1 is 1.21 bits per heavy atom. The molecule has 2 saturated carbocycles. The van der Waals surface area contributed by atoms with E-state index < -0.39 is 0 Å². The molecule has 2 aromatic heterocycles. The number of benzene rings is 1. The van der Waals surface area contributed by atoms with Gasteiger partial charge in [-0.3, -0.25) is 4.79 Å². The summed E-state index contributed by atoms with van der Waals surface area (Å²) in [6.07, 6.45) is 8.02. The highest BCUT2D eigenvalue weighted by Crippen LogP contribution is 2.36. The molecule has 2 aliphatic carbocycles. The van der Waals surface area contributed by atoms with E-state index in [1.807, 2.05) is 30.3 Å². The van der Waals surface area contributed by atoms with Crippen LogP contribution in [0.15, 0.2) is 42.9 Å². The van der Waals surface area contributed by atoms with E-state index in [0.717, 1.165) is 35.9 Å². The highest BCUT2D eigenvalue weighted by atomic mass is 16.1. The molecule has 140 valence electrons. The zero-order valence-electron chi connectivity index (χ0n) is 15.4. The molecule has 6 heteroatoms. The zero-order valence-corrected chi connectivity index (χ0v) is 15.4. The average molecular weight is 371 g/mol. The van der Waals surface area contributed by atoms with Crippen LogP contribution in [0.3, 0.4) is 0 Å². The van der Waals surface area contributed by atoms with Crippen molar-refractivity contribution in [3.8, 4) is 11.8 Å². The fraction of sp³-hybridized carbons (Fsp3) is 0.318. The van der Waals surface area contributed by atoms with Crippen LogP contribution in [0.2, 0.25) is 0 Å². The molecule has 2 atom stereocenters. The number of anilines is 1. The summed E-state index contributed by atoms with van der Waals surface area (Å²) in [5, 5.41) is 3.89. The van der Waals surface area contributed by atoms with Gasteiger partial charge < -0.3 is 15.6 Å². The van der Waals surface area contributed by atoms with E-state index in [4.69, 9.17) is 5.73 Å². The number of rotatable bonds is 3. The SMILES string of the molecule is Nc1ncnc2c1c(C#CC1CC1NC(=O)c1ccccc1)cn2C1CCC1. The fourth-order valence-electron chi connectivity index (χ4n) is 3.67. The number of hydrogen-bond donors (Lipinski definition) is 2. The number of nitrogens with one attached hydrogen (secondary N) is 1. The number of fused-ring (bicyclic) bond motifs is 1. The van der Waals surface area contributed by atoms with Gasteiger partial charge in [0.25, 0.3) is 5.91 Å². The number of nitrogen functional groups attached to an aromatic ring is 1. The van der Waals surface area contributed by atoms with E-state index in [2.05, 4.69) is 37.9 Å². The minimum atomic E-state index is -0.0471. The third-order valence-corrected chi connectivity index (χ3v) is 5.64. The molecular weight excluding hydrogens is 350 g/mol. The van der Waals surface area contributed by atoms with Gasteiger partial charge in [-0.25, -0.2) is 9.97 Å². The van der Waals surface area contributed by atoms with Gasteiger partial charge in [0.1, 0.15) is 17.8 Å². The molecule has 2 unspecified atom stereocenters. The minimum absolute atomic E-state index is 0.0471. The Labute approximate surface area is 163 Å². The van der Waals surface area contributed by atoms with E-state index >= 15 is 0 Å². The van der Waals surface area contributed by atoms with Crippen molar-refractivity contribution in [2.24, 2.45) is 5.92 Å². The van der Waals surface area contributed by atoms with Crippen molar-refractivity contribution in [2.45, 2.75) is 37.8 Å². The lowest BCUT2D eigenvalue weighted by Crippen LogP contribution is -2.26. The summed E-state index contributed by atoms with van der Waals surface area (Å²) in [6.45, 7) is 0. The predicted molar refractivity (Wildman–Crippen MR) is 108 cm³/mol.